The molecule has 0 aromatic heterocycles. The number of aliphatic hydroxyl groups excluding tert-OH is 1. The van der Waals surface area contributed by atoms with Crippen LogP contribution in [0.1, 0.15) is 19.8 Å². The molecule has 0 aliphatic carbocycles. The summed E-state index contributed by atoms with van der Waals surface area (Å²) < 4.78 is 16.3. The van der Waals surface area contributed by atoms with Gasteiger partial charge in [0.25, 0.3) is 11.8 Å². The summed E-state index contributed by atoms with van der Waals surface area (Å²) >= 11 is 0. The van der Waals surface area contributed by atoms with Gasteiger partial charge in [0.1, 0.15) is 6.10 Å². The highest BCUT2D eigenvalue weighted by Gasteiger charge is 2.77. The van der Waals surface area contributed by atoms with Gasteiger partial charge in [0.05, 0.1) is 43.2 Å². The molecule has 2 spiro atoms. The quantitative estimate of drug-likeness (QED) is 0.454. The van der Waals surface area contributed by atoms with E-state index >= 15 is 0 Å². The first kappa shape index (κ1) is 19.3. The zero-order valence-electron chi connectivity index (χ0n) is 16.3. The van der Waals surface area contributed by atoms with Crippen LogP contribution in [0.3, 0.4) is 0 Å². The van der Waals surface area contributed by atoms with E-state index in [1.165, 1.54) is 59.6 Å². The summed E-state index contributed by atoms with van der Waals surface area (Å²) in [6, 6.07) is -1.30. The molecule has 2 bridgehead atoms. The van der Waals surface area contributed by atoms with Crippen molar-refractivity contribution < 1.29 is 33.7 Å². The normalized spacial score (nSPS) is 41.7. The molecular weight excluding hydrogens is 444 g/mol. The van der Waals surface area contributed by atoms with E-state index in [9.17, 15) is 19.5 Å². The first-order valence-corrected chi connectivity index (χ1v) is 12.0. The van der Waals surface area contributed by atoms with Crippen LogP contribution < -0.4 is 0 Å². The Labute approximate surface area is 185 Å². The van der Waals surface area contributed by atoms with Crippen molar-refractivity contribution in [3.05, 3.63) is 48.3 Å². The highest BCUT2D eigenvalue weighted by atomic mass is 33.1. The van der Waals surface area contributed by atoms with Gasteiger partial charge in [-0.3, -0.25) is 14.4 Å². The largest absolute Gasteiger partial charge is 0.473 e. The predicted molar refractivity (Wildman–Crippen MR) is 109 cm³/mol. The van der Waals surface area contributed by atoms with Crippen molar-refractivity contribution >= 4 is 39.4 Å². The Balaban J connectivity index is 1.49. The number of carbonyl (C=O) groups excluding carboxylic acids is 3. The van der Waals surface area contributed by atoms with Crippen molar-refractivity contribution in [2.75, 3.05) is 0 Å². The summed E-state index contributed by atoms with van der Waals surface area (Å²) in [5.41, 5.74) is 1.41. The van der Waals surface area contributed by atoms with E-state index in [1.807, 2.05) is 0 Å². The van der Waals surface area contributed by atoms with Crippen molar-refractivity contribution in [2.24, 2.45) is 0 Å². The van der Waals surface area contributed by atoms with Crippen LogP contribution in [0, 0.1) is 0 Å². The first-order chi connectivity index (χ1) is 14.9. The van der Waals surface area contributed by atoms with Crippen LogP contribution in [0.5, 0.6) is 0 Å². The Morgan fingerprint density at radius 3 is 2.19 bits per heavy atom. The van der Waals surface area contributed by atoms with Crippen molar-refractivity contribution in [1.82, 2.24) is 9.80 Å². The predicted octanol–water partition coefficient (Wildman–Crippen LogP) is 1.14. The maximum atomic E-state index is 14.0. The van der Waals surface area contributed by atoms with Crippen LogP contribution in [0.4, 0.5) is 0 Å². The topological polar surface area (TPSA) is 106 Å². The van der Waals surface area contributed by atoms with Gasteiger partial charge in [-0.2, -0.15) is 0 Å². The number of amides is 2. The second-order valence-electron chi connectivity index (χ2n) is 8.21. The highest BCUT2D eigenvalue weighted by molar-refractivity contribution is 8.78. The minimum Gasteiger partial charge on any atom is -0.473 e. The Bertz CT molecular complexity index is 1040. The molecule has 0 radical (unpaired) electrons. The van der Waals surface area contributed by atoms with Crippen LogP contribution in [-0.2, 0) is 28.6 Å². The molecule has 2 amide bonds. The summed E-state index contributed by atoms with van der Waals surface area (Å²) in [4.78, 5) is 40.5. The van der Waals surface area contributed by atoms with Gasteiger partial charge in [0, 0.05) is 19.8 Å². The van der Waals surface area contributed by atoms with Gasteiger partial charge >= 0.3 is 5.97 Å². The molecule has 1 N–H and O–H groups in total. The van der Waals surface area contributed by atoms with Crippen LogP contribution >= 0.6 is 21.6 Å². The minimum atomic E-state index is -1.20. The molecule has 9 nitrogen and oxygen atoms in total. The molecule has 0 aromatic rings. The minimum absolute atomic E-state index is 0.234. The lowest BCUT2D eigenvalue weighted by Gasteiger charge is -2.58. The lowest BCUT2D eigenvalue weighted by molar-refractivity contribution is -0.170. The fraction of sp³-hybridized carbons (Fsp3) is 0.450. The van der Waals surface area contributed by atoms with Gasteiger partial charge in [-0.15, -0.1) is 0 Å². The SMILES string of the molecule is CC(=O)OC1C=COC=C2C[C@@]34SS[C@]5(CC6=COC=CC(O)C6N5C3=O)C(=O)N4C21. The molecule has 0 aromatic carbocycles. The van der Waals surface area contributed by atoms with Gasteiger partial charge in [-0.1, -0.05) is 21.6 Å². The number of fused-ring (bicyclic) bond motifs is 3. The summed E-state index contributed by atoms with van der Waals surface area (Å²) in [6.07, 6.45) is 7.68. The molecule has 162 valence electrons. The third-order valence-corrected chi connectivity index (χ3v) is 10.1. The number of aliphatic hydroxyl groups is 1. The Morgan fingerprint density at radius 1 is 1.03 bits per heavy atom. The number of carbonyl (C=O) groups is 3. The smallest absolute Gasteiger partial charge is 0.303 e. The van der Waals surface area contributed by atoms with Crippen molar-refractivity contribution in [3.8, 4) is 0 Å². The van der Waals surface area contributed by atoms with E-state index in [2.05, 4.69) is 0 Å². The summed E-state index contributed by atoms with van der Waals surface area (Å²) in [5, 5.41) is 10.7. The standard InChI is InChI=1S/C20H18N2O7S2/c1-10(23)29-14-3-5-28-9-12-7-20-17(25)21-15-11(8-27-4-2-13(15)24)6-19(21,30-31-20)18(26)22(20)16(12)14/h2-5,8-9,13-16,24H,6-7H2,1H3/t13?,14?,15?,16?,19-,20-/m1/s1. The van der Waals surface area contributed by atoms with Gasteiger partial charge < -0.3 is 29.1 Å². The fourth-order valence-electron chi connectivity index (χ4n) is 5.34. The Morgan fingerprint density at radius 2 is 1.58 bits per heavy atom. The zero-order chi connectivity index (χ0) is 21.5. The lowest BCUT2D eigenvalue weighted by Crippen LogP contribution is -2.77. The number of nitrogens with zero attached hydrogens (tertiary/aromatic N) is 2. The number of hydrogen-bond acceptors (Lipinski definition) is 9. The van der Waals surface area contributed by atoms with Crippen molar-refractivity contribution in [3.63, 3.8) is 0 Å². The van der Waals surface area contributed by atoms with E-state index in [4.69, 9.17) is 14.2 Å². The molecule has 0 saturated carbocycles. The third-order valence-electron chi connectivity index (χ3n) is 6.48. The average Bonchev–Trinajstić information content (AvgIpc) is 3.11. The van der Waals surface area contributed by atoms with E-state index in [0.29, 0.717) is 11.1 Å². The van der Waals surface area contributed by atoms with Crippen molar-refractivity contribution in [2.45, 2.75) is 53.8 Å². The van der Waals surface area contributed by atoms with Crippen LogP contribution in [0.15, 0.2) is 48.3 Å². The van der Waals surface area contributed by atoms with E-state index in [1.54, 1.807) is 15.9 Å². The maximum absolute atomic E-state index is 14.0. The number of piperazine rings is 1. The van der Waals surface area contributed by atoms with Crippen molar-refractivity contribution in [1.29, 1.82) is 0 Å². The monoisotopic (exact) mass is 462 g/mol. The third kappa shape index (κ3) is 2.31. The van der Waals surface area contributed by atoms with Gasteiger partial charge in [-0.25, -0.2) is 0 Å². The number of ether oxygens (including phenoxy) is 3. The average molecular weight is 463 g/mol. The van der Waals surface area contributed by atoms with Crippen LogP contribution in [-0.4, -0.2) is 66.7 Å². The number of esters is 1. The summed E-state index contributed by atoms with van der Waals surface area (Å²) in [7, 11) is 2.71. The molecule has 7 aliphatic rings. The first-order valence-electron chi connectivity index (χ1n) is 9.81. The summed E-state index contributed by atoms with van der Waals surface area (Å²) in [5.74, 6) is -0.958. The molecule has 4 unspecified atom stereocenters. The zero-order valence-corrected chi connectivity index (χ0v) is 17.9. The maximum Gasteiger partial charge on any atom is 0.303 e. The highest BCUT2D eigenvalue weighted by Crippen LogP contribution is 2.69. The molecule has 11 heteroatoms. The number of rotatable bonds is 1. The molecule has 6 atom stereocenters. The molecule has 7 aliphatic heterocycles. The number of hydrogen-bond donors (Lipinski definition) is 1. The van der Waals surface area contributed by atoms with E-state index in [-0.39, 0.29) is 24.7 Å². The summed E-state index contributed by atoms with van der Waals surface area (Å²) in [6.45, 7) is 1.31. The Kier molecular flexibility index (Phi) is 3.95. The van der Waals surface area contributed by atoms with Gasteiger partial charge in [-0.05, 0) is 23.3 Å². The fourth-order valence-corrected chi connectivity index (χ4v) is 9.05. The van der Waals surface area contributed by atoms with Gasteiger partial charge in [0.2, 0.25) is 0 Å². The van der Waals surface area contributed by atoms with Crippen LogP contribution in [0.2, 0.25) is 0 Å². The molecule has 5 fully saturated rings. The second-order valence-corrected chi connectivity index (χ2v) is 10.9. The lowest BCUT2D eigenvalue weighted by atomic mass is 10.0. The molecular formula is C20H18N2O7S2. The molecule has 31 heavy (non-hydrogen) atoms. The van der Waals surface area contributed by atoms with E-state index in [0.717, 1.165) is 0 Å². The van der Waals surface area contributed by atoms with E-state index < -0.39 is 40.0 Å². The second kappa shape index (κ2) is 6.33. The van der Waals surface area contributed by atoms with Crippen LogP contribution in [0.25, 0.3) is 0 Å². The molecule has 7 rings (SSSR count). The Hall–Kier alpha value is -2.37. The molecule has 5 saturated heterocycles. The van der Waals surface area contributed by atoms with Gasteiger partial charge in [0.15, 0.2) is 9.74 Å². The molecule has 7 heterocycles.